The van der Waals surface area contributed by atoms with E-state index in [0.717, 1.165) is 18.2 Å². The molecular weight excluding hydrogens is 410 g/mol. The molecule has 0 bridgehead atoms. The fourth-order valence-corrected chi connectivity index (χ4v) is 2.44. The molecule has 0 aliphatic carbocycles. The van der Waals surface area contributed by atoms with Gasteiger partial charge in [0.1, 0.15) is 5.75 Å². The van der Waals surface area contributed by atoms with Crippen molar-refractivity contribution in [2.45, 2.75) is 6.92 Å². The van der Waals surface area contributed by atoms with Crippen molar-refractivity contribution in [1.29, 1.82) is 0 Å². The molecule has 2 aromatic rings. The Balaban J connectivity index is 2.17. The van der Waals surface area contributed by atoms with E-state index in [4.69, 9.17) is 4.74 Å². The van der Waals surface area contributed by atoms with Gasteiger partial charge < -0.3 is 14.9 Å². The molecule has 9 nitrogen and oxygen atoms in total. The maximum Gasteiger partial charge on any atom is 0.275 e. The number of aromatic hydroxyl groups is 2. The number of hydrazone groups is 1. The van der Waals surface area contributed by atoms with Gasteiger partial charge in [-0.05, 0) is 46.6 Å². The summed E-state index contributed by atoms with van der Waals surface area (Å²) < 4.78 is 5.66. The zero-order chi connectivity index (χ0) is 19.3. The summed E-state index contributed by atoms with van der Waals surface area (Å²) in [6.45, 7) is 2.11. The summed E-state index contributed by atoms with van der Waals surface area (Å²) >= 11 is 3.18. The summed E-state index contributed by atoms with van der Waals surface area (Å²) in [6, 6.07) is 6.16. The quantitative estimate of drug-likeness (QED) is 0.371. The lowest BCUT2D eigenvalue weighted by atomic mass is 10.1. The number of nitrogens with one attached hydrogen (secondary N) is 1. The highest BCUT2D eigenvalue weighted by atomic mass is 79.9. The molecule has 0 saturated heterocycles. The predicted octanol–water partition coefficient (Wildman–Crippen LogP) is 2.93. The number of phenolic OH excluding ortho intramolecular Hbond substituents is 2. The lowest BCUT2D eigenvalue weighted by molar-refractivity contribution is -0.384. The smallest absolute Gasteiger partial charge is 0.275 e. The van der Waals surface area contributed by atoms with Crippen LogP contribution in [-0.2, 0) is 0 Å². The van der Waals surface area contributed by atoms with Crippen molar-refractivity contribution in [3.8, 4) is 17.2 Å². The standard InChI is InChI=1S/C16H14BrN3O6/c1-2-26-14-6-9(5-12(17)15(14)22)8-18-19-16(23)11-7-10(20(24)25)3-4-13(11)21/h3-8,21-22H,2H2,1H3,(H,19,23)/b18-8+. The van der Waals surface area contributed by atoms with Crippen molar-refractivity contribution in [2.24, 2.45) is 5.10 Å². The van der Waals surface area contributed by atoms with Crippen molar-refractivity contribution >= 4 is 33.7 Å². The van der Waals surface area contributed by atoms with Crippen LogP contribution in [0.3, 0.4) is 0 Å². The first-order chi connectivity index (χ1) is 12.3. The minimum absolute atomic E-state index is 0.0606. The molecule has 0 heterocycles. The Morgan fingerprint density at radius 2 is 2.12 bits per heavy atom. The van der Waals surface area contributed by atoms with Gasteiger partial charge in [-0.3, -0.25) is 14.9 Å². The second-order valence-electron chi connectivity index (χ2n) is 4.94. The van der Waals surface area contributed by atoms with E-state index >= 15 is 0 Å². The summed E-state index contributed by atoms with van der Waals surface area (Å²) in [5, 5.41) is 34.0. The summed E-state index contributed by atoms with van der Waals surface area (Å²) in [4.78, 5) is 22.1. The third-order valence-electron chi connectivity index (χ3n) is 3.17. The molecule has 0 radical (unpaired) electrons. The SMILES string of the molecule is CCOc1cc(/C=N/NC(=O)c2cc([N+](=O)[O-])ccc2O)cc(Br)c1O. The van der Waals surface area contributed by atoms with Crippen LogP contribution in [0, 0.1) is 10.1 Å². The Hall–Kier alpha value is -3.14. The van der Waals surface area contributed by atoms with Crippen molar-refractivity contribution < 1.29 is 24.7 Å². The summed E-state index contributed by atoms with van der Waals surface area (Å²) in [5.74, 6) is -1.04. The number of carbonyl (C=O) groups is 1. The first-order valence-electron chi connectivity index (χ1n) is 7.29. The number of amides is 1. The number of nitro benzene ring substituents is 1. The highest BCUT2D eigenvalue weighted by Gasteiger charge is 2.16. The zero-order valence-electron chi connectivity index (χ0n) is 13.5. The van der Waals surface area contributed by atoms with Gasteiger partial charge in [0.2, 0.25) is 0 Å². The van der Waals surface area contributed by atoms with Gasteiger partial charge >= 0.3 is 0 Å². The minimum atomic E-state index is -0.815. The van der Waals surface area contributed by atoms with Gasteiger partial charge in [0, 0.05) is 12.1 Å². The zero-order valence-corrected chi connectivity index (χ0v) is 15.1. The van der Waals surface area contributed by atoms with E-state index in [9.17, 15) is 25.1 Å². The Labute approximate surface area is 156 Å². The molecule has 2 rings (SSSR count). The van der Waals surface area contributed by atoms with E-state index in [-0.39, 0.29) is 22.7 Å². The normalized spacial score (nSPS) is 10.7. The van der Waals surface area contributed by atoms with Gasteiger partial charge in [0.25, 0.3) is 11.6 Å². The van der Waals surface area contributed by atoms with Crippen LogP contribution in [0.5, 0.6) is 17.2 Å². The van der Waals surface area contributed by atoms with Crippen molar-refractivity contribution in [3.63, 3.8) is 0 Å². The number of nitro groups is 1. The number of benzene rings is 2. The van der Waals surface area contributed by atoms with Crippen LogP contribution in [0.15, 0.2) is 39.9 Å². The number of halogens is 1. The molecule has 0 aliphatic rings. The van der Waals surface area contributed by atoms with Crippen molar-refractivity contribution in [1.82, 2.24) is 5.43 Å². The van der Waals surface area contributed by atoms with Crippen LogP contribution >= 0.6 is 15.9 Å². The highest BCUT2D eigenvalue weighted by molar-refractivity contribution is 9.10. The molecule has 26 heavy (non-hydrogen) atoms. The van der Waals surface area contributed by atoms with Crippen LogP contribution in [-0.4, -0.2) is 33.9 Å². The molecule has 2 aromatic carbocycles. The number of non-ortho nitro benzene ring substituents is 1. The van der Waals surface area contributed by atoms with Gasteiger partial charge in [-0.25, -0.2) is 5.43 Å². The average molecular weight is 424 g/mol. The topological polar surface area (TPSA) is 134 Å². The number of ether oxygens (including phenoxy) is 1. The van der Waals surface area contributed by atoms with E-state index in [1.165, 1.54) is 12.3 Å². The van der Waals surface area contributed by atoms with E-state index in [0.29, 0.717) is 16.6 Å². The van der Waals surface area contributed by atoms with Gasteiger partial charge in [-0.1, -0.05) is 0 Å². The Bertz CT molecular complexity index is 885. The fraction of sp³-hybridized carbons (Fsp3) is 0.125. The molecule has 0 aliphatic heterocycles. The fourth-order valence-electron chi connectivity index (χ4n) is 1.98. The molecule has 136 valence electrons. The summed E-state index contributed by atoms with van der Waals surface area (Å²) in [5.41, 5.74) is 2.07. The molecule has 0 unspecified atom stereocenters. The molecule has 0 fully saturated rings. The summed E-state index contributed by atoms with van der Waals surface area (Å²) in [6.07, 6.45) is 1.29. The number of nitrogens with zero attached hydrogens (tertiary/aromatic N) is 2. The maximum atomic E-state index is 12.0. The second kappa shape index (κ2) is 8.30. The average Bonchev–Trinajstić information content (AvgIpc) is 2.59. The first-order valence-corrected chi connectivity index (χ1v) is 8.09. The molecule has 0 spiro atoms. The molecule has 10 heteroatoms. The molecule has 0 atom stereocenters. The van der Waals surface area contributed by atoms with E-state index in [2.05, 4.69) is 26.5 Å². The Kier molecular flexibility index (Phi) is 6.12. The van der Waals surface area contributed by atoms with Crippen LogP contribution in [0.4, 0.5) is 5.69 Å². The van der Waals surface area contributed by atoms with Crippen molar-refractivity contribution in [3.05, 3.63) is 56.0 Å². The Morgan fingerprint density at radius 3 is 2.77 bits per heavy atom. The Morgan fingerprint density at radius 1 is 1.38 bits per heavy atom. The van der Waals surface area contributed by atoms with Crippen LogP contribution in [0.1, 0.15) is 22.8 Å². The number of rotatable bonds is 6. The number of hydrogen-bond donors (Lipinski definition) is 3. The second-order valence-corrected chi connectivity index (χ2v) is 5.79. The molecule has 0 saturated carbocycles. The lowest BCUT2D eigenvalue weighted by Crippen LogP contribution is -2.18. The van der Waals surface area contributed by atoms with Crippen LogP contribution < -0.4 is 10.2 Å². The lowest BCUT2D eigenvalue weighted by Gasteiger charge is -2.08. The molecule has 3 N–H and O–H groups in total. The molecule has 1 amide bonds. The number of hydrogen-bond acceptors (Lipinski definition) is 7. The maximum absolute atomic E-state index is 12.0. The first kappa shape index (κ1) is 19.2. The number of carbonyl (C=O) groups excluding carboxylic acids is 1. The predicted molar refractivity (Wildman–Crippen MR) is 96.8 cm³/mol. The third kappa shape index (κ3) is 4.48. The van der Waals surface area contributed by atoms with E-state index in [1.54, 1.807) is 13.0 Å². The van der Waals surface area contributed by atoms with Crippen LogP contribution in [0.2, 0.25) is 0 Å². The third-order valence-corrected chi connectivity index (χ3v) is 3.77. The monoisotopic (exact) mass is 423 g/mol. The highest BCUT2D eigenvalue weighted by Crippen LogP contribution is 2.35. The molecular formula is C16H14BrN3O6. The van der Waals surface area contributed by atoms with Gasteiger partial charge in [-0.15, -0.1) is 0 Å². The van der Waals surface area contributed by atoms with E-state index in [1.807, 2.05) is 0 Å². The van der Waals surface area contributed by atoms with Crippen LogP contribution in [0.25, 0.3) is 0 Å². The van der Waals surface area contributed by atoms with Crippen molar-refractivity contribution in [2.75, 3.05) is 6.61 Å². The summed E-state index contributed by atoms with van der Waals surface area (Å²) in [7, 11) is 0. The largest absolute Gasteiger partial charge is 0.507 e. The van der Waals surface area contributed by atoms with E-state index < -0.39 is 16.6 Å². The van der Waals surface area contributed by atoms with Gasteiger partial charge in [0.05, 0.1) is 27.8 Å². The van der Waals surface area contributed by atoms with Gasteiger partial charge in [-0.2, -0.15) is 5.10 Å². The van der Waals surface area contributed by atoms with Gasteiger partial charge in [0.15, 0.2) is 11.5 Å². The number of phenols is 2. The molecule has 0 aromatic heterocycles. The minimum Gasteiger partial charge on any atom is -0.507 e.